The smallest absolute Gasteiger partial charge is 0.306 e. The first kappa shape index (κ1) is 61.8. The van der Waals surface area contributed by atoms with Crippen molar-refractivity contribution in [3.05, 3.63) is 97.2 Å². The number of aliphatic hydroxyl groups is 2. The minimum absolute atomic E-state index is 0.0328. The van der Waals surface area contributed by atoms with Crippen LogP contribution in [0.25, 0.3) is 0 Å². The molecule has 6 nitrogen and oxygen atoms in total. The molecule has 65 heavy (non-hydrogen) atoms. The quantitative estimate of drug-likeness (QED) is 0.0321. The number of ether oxygens (including phenoxy) is 1. The number of unbranched alkanes of at least 4 members (excludes halogenated alkanes) is 19. The van der Waals surface area contributed by atoms with Gasteiger partial charge < -0.3 is 20.3 Å². The third kappa shape index (κ3) is 47.1. The minimum Gasteiger partial charge on any atom is -0.462 e. The second-order valence-electron chi connectivity index (χ2n) is 17.9. The van der Waals surface area contributed by atoms with Crippen LogP contribution in [0.3, 0.4) is 0 Å². The molecular weight excluding hydrogens is 803 g/mol. The molecule has 0 aromatic heterocycles. The van der Waals surface area contributed by atoms with Crippen LogP contribution in [-0.4, -0.2) is 46.9 Å². The zero-order chi connectivity index (χ0) is 47.4. The van der Waals surface area contributed by atoms with Crippen LogP contribution in [0.15, 0.2) is 97.2 Å². The number of amides is 1. The summed E-state index contributed by atoms with van der Waals surface area (Å²) in [5.74, 6) is -0.556. The van der Waals surface area contributed by atoms with E-state index in [-0.39, 0.29) is 24.9 Å². The largest absolute Gasteiger partial charge is 0.462 e. The van der Waals surface area contributed by atoms with Gasteiger partial charge in [0.05, 0.1) is 25.2 Å². The highest BCUT2D eigenvalue weighted by molar-refractivity contribution is 5.77. The lowest BCUT2D eigenvalue weighted by Gasteiger charge is -2.24. The summed E-state index contributed by atoms with van der Waals surface area (Å²) < 4.78 is 5.90. The first-order valence-electron chi connectivity index (χ1n) is 27.0. The fourth-order valence-corrected chi connectivity index (χ4v) is 7.65. The molecule has 0 aliphatic carbocycles. The molecule has 0 aliphatic rings. The van der Waals surface area contributed by atoms with Gasteiger partial charge in [-0.3, -0.25) is 9.59 Å². The molecule has 372 valence electrons. The molecule has 0 radical (unpaired) electrons. The molecule has 0 spiro atoms. The summed E-state index contributed by atoms with van der Waals surface area (Å²) in [5, 5.41) is 23.8. The molecule has 3 atom stereocenters. The lowest BCUT2D eigenvalue weighted by Crippen LogP contribution is -2.46. The summed E-state index contributed by atoms with van der Waals surface area (Å²) in [7, 11) is 0. The van der Waals surface area contributed by atoms with Gasteiger partial charge in [-0.1, -0.05) is 221 Å². The Morgan fingerprint density at radius 1 is 0.462 bits per heavy atom. The fraction of sp³-hybridized carbons (Fsp3) is 0.695. The molecule has 0 fully saturated rings. The molecule has 0 rings (SSSR count). The molecule has 3 unspecified atom stereocenters. The van der Waals surface area contributed by atoms with Crippen molar-refractivity contribution in [2.75, 3.05) is 6.61 Å². The van der Waals surface area contributed by atoms with Crippen molar-refractivity contribution < 1.29 is 24.5 Å². The van der Waals surface area contributed by atoms with Gasteiger partial charge in [-0.05, 0) is 103 Å². The topological polar surface area (TPSA) is 95.9 Å². The van der Waals surface area contributed by atoms with E-state index < -0.39 is 18.2 Å². The SMILES string of the molecule is CC/C=C\C/C=C\C/C=C\C/C=C\C/C=C\CCCCCC(=O)OC(CCCC/C=C/C/C=C/C/C=C/CC)CC(=O)NC(CO)C(O)CCCCCCCCCCCCCCCCC. The van der Waals surface area contributed by atoms with Gasteiger partial charge in [-0.2, -0.15) is 0 Å². The summed E-state index contributed by atoms with van der Waals surface area (Å²) in [6.45, 7) is 6.24. The Labute approximate surface area is 401 Å². The van der Waals surface area contributed by atoms with Gasteiger partial charge in [-0.15, -0.1) is 0 Å². The predicted octanol–water partition coefficient (Wildman–Crippen LogP) is 16.5. The van der Waals surface area contributed by atoms with Crippen LogP contribution in [-0.2, 0) is 14.3 Å². The van der Waals surface area contributed by atoms with Crippen LogP contribution in [0, 0.1) is 0 Å². The second-order valence-corrected chi connectivity index (χ2v) is 17.9. The van der Waals surface area contributed by atoms with Crippen LogP contribution in [0.4, 0.5) is 0 Å². The van der Waals surface area contributed by atoms with Crippen molar-refractivity contribution >= 4 is 11.9 Å². The van der Waals surface area contributed by atoms with Crippen LogP contribution in [0.5, 0.6) is 0 Å². The maximum absolute atomic E-state index is 13.2. The van der Waals surface area contributed by atoms with Gasteiger partial charge in [0.2, 0.25) is 5.91 Å². The normalized spacial score (nSPS) is 14.0. The number of esters is 1. The third-order valence-electron chi connectivity index (χ3n) is 11.7. The first-order valence-corrected chi connectivity index (χ1v) is 27.0. The molecule has 0 aromatic rings. The van der Waals surface area contributed by atoms with Gasteiger partial charge in [0.1, 0.15) is 6.10 Å². The minimum atomic E-state index is -0.809. The molecular formula is C59H101NO5. The Hall–Kier alpha value is -3.22. The maximum atomic E-state index is 13.2. The fourth-order valence-electron chi connectivity index (χ4n) is 7.65. The van der Waals surface area contributed by atoms with E-state index in [1.165, 1.54) is 77.0 Å². The van der Waals surface area contributed by atoms with Crippen molar-refractivity contribution in [3.63, 3.8) is 0 Å². The van der Waals surface area contributed by atoms with Crippen molar-refractivity contribution in [1.82, 2.24) is 5.32 Å². The van der Waals surface area contributed by atoms with Gasteiger partial charge in [0.25, 0.3) is 0 Å². The number of nitrogens with one attached hydrogen (secondary N) is 1. The summed E-state index contributed by atoms with van der Waals surface area (Å²) in [5.41, 5.74) is 0. The highest BCUT2D eigenvalue weighted by Crippen LogP contribution is 2.17. The number of hydrogen-bond acceptors (Lipinski definition) is 5. The first-order chi connectivity index (χ1) is 32.0. The zero-order valence-electron chi connectivity index (χ0n) is 42.3. The monoisotopic (exact) mass is 904 g/mol. The summed E-state index contributed by atoms with van der Waals surface area (Å²) in [4.78, 5) is 26.2. The van der Waals surface area contributed by atoms with Crippen molar-refractivity contribution in [3.8, 4) is 0 Å². The number of aliphatic hydroxyl groups excluding tert-OH is 2. The van der Waals surface area contributed by atoms with E-state index in [1.54, 1.807) is 0 Å². The Morgan fingerprint density at radius 3 is 1.26 bits per heavy atom. The average molecular weight is 904 g/mol. The molecule has 0 aliphatic heterocycles. The maximum Gasteiger partial charge on any atom is 0.306 e. The van der Waals surface area contributed by atoms with Crippen molar-refractivity contribution in [2.45, 2.75) is 257 Å². The number of carbonyl (C=O) groups is 2. The Bertz CT molecular complexity index is 1290. The van der Waals surface area contributed by atoms with Gasteiger partial charge in [0, 0.05) is 6.42 Å². The Balaban J connectivity index is 4.63. The Morgan fingerprint density at radius 2 is 0.831 bits per heavy atom. The molecule has 0 saturated heterocycles. The van der Waals surface area contributed by atoms with E-state index in [1.807, 2.05) is 0 Å². The van der Waals surface area contributed by atoms with Gasteiger partial charge >= 0.3 is 5.97 Å². The molecule has 3 N–H and O–H groups in total. The van der Waals surface area contributed by atoms with Crippen LogP contribution < -0.4 is 5.32 Å². The summed E-state index contributed by atoms with van der Waals surface area (Å²) >= 11 is 0. The number of rotatable bonds is 47. The molecule has 0 heterocycles. The standard InChI is InChI=1S/C59H101NO5/c1-4-7-10-13-16-19-22-25-27-28-29-30-32-34-37-40-43-46-49-52-59(64)65-55(50-47-44-41-38-35-24-21-18-15-12-9-6-3)53-58(63)60-56(54-61)57(62)51-48-45-42-39-36-33-31-26-23-20-17-14-11-8-5-2/h7,9-10,12,16,18-19,21,25,27,29-30,34-35,37-38,55-57,61-62H,4-6,8,11,13-15,17,20,22-24,26,28,31-33,36,39-54H2,1-3H3,(H,60,63)/b10-7-,12-9+,19-16-,21-18+,27-25-,30-29-,37-34-,38-35+. The van der Waals surface area contributed by atoms with Gasteiger partial charge in [-0.25, -0.2) is 0 Å². The van der Waals surface area contributed by atoms with E-state index in [9.17, 15) is 19.8 Å². The molecule has 6 heteroatoms. The highest BCUT2D eigenvalue weighted by Gasteiger charge is 2.24. The van der Waals surface area contributed by atoms with Crippen molar-refractivity contribution in [2.24, 2.45) is 0 Å². The third-order valence-corrected chi connectivity index (χ3v) is 11.7. The van der Waals surface area contributed by atoms with Crippen LogP contribution in [0.1, 0.15) is 239 Å². The zero-order valence-corrected chi connectivity index (χ0v) is 42.3. The summed E-state index contributed by atoms with van der Waals surface area (Å²) in [6.07, 6.45) is 69.0. The van der Waals surface area contributed by atoms with E-state index in [0.717, 1.165) is 116 Å². The average Bonchev–Trinajstić information content (AvgIpc) is 3.30. The predicted molar refractivity (Wildman–Crippen MR) is 282 cm³/mol. The van der Waals surface area contributed by atoms with Crippen LogP contribution in [0.2, 0.25) is 0 Å². The van der Waals surface area contributed by atoms with Crippen LogP contribution >= 0.6 is 0 Å². The summed E-state index contributed by atoms with van der Waals surface area (Å²) in [6, 6.07) is -0.727. The van der Waals surface area contributed by atoms with E-state index >= 15 is 0 Å². The van der Waals surface area contributed by atoms with E-state index in [0.29, 0.717) is 19.3 Å². The van der Waals surface area contributed by atoms with Crippen molar-refractivity contribution in [1.29, 1.82) is 0 Å². The van der Waals surface area contributed by atoms with E-state index in [4.69, 9.17) is 4.74 Å². The number of carbonyl (C=O) groups excluding carboxylic acids is 2. The molecule has 0 saturated carbocycles. The lowest BCUT2D eigenvalue weighted by molar-refractivity contribution is -0.151. The Kier molecular flexibility index (Phi) is 49.2. The highest BCUT2D eigenvalue weighted by atomic mass is 16.5. The number of allylic oxidation sites excluding steroid dienone is 16. The second kappa shape index (κ2) is 51.8. The number of hydrogen-bond donors (Lipinski definition) is 3. The molecule has 0 aromatic carbocycles. The van der Waals surface area contributed by atoms with Gasteiger partial charge in [0.15, 0.2) is 0 Å². The molecule has 1 amide bonds. The lowest BCUT2D eigenvalue weighted by atomic mass is 10.0. The van der Waals surface area contributed by atoms with E-state index in [2.05, 4.69) is 123 Å². The molecule has 0 bridgehead atoms.